The van der Waals surface area contributed by atoms with Crippen LogP contribution in [0.5, 0.6) is 5.75 Å². The fraction of sp³-hybridized carbons (Fsp3) is 0.379. The standard InChI is InChI=1S/C29H31FN2O3/c1-20-7-9-21(10-8-20)5-3-17-32-18-4-6-24(29(33)34)28(32)14-12-26(30)23-15-16-31-27-13-11-22(35-2)19-25(23)27/h7-11,13,15-16,19,24,26,28H,4,6,12,14,17-18H2,1-2H3,(H,33,34). The highest BCUT2D eigenvalue weighted by molar-refractivity contribution is 5.83. The van der Waals surface area contributed by atoms with E-state index in [1.807, 2.05) is 37.3 Å². The molecule has 1 aliphatic heterocycles. The summed E-state index contributed by atoms with van der Waals surface area (Å²) in [5.41, 5.74) is 3.38. The van der Waals surface area contributed by atoms with Gasteiger partial charge in [-0.2, -0.15) is 0 Å². The monoisotopic (exact) mass is 474 g/mol. The molecule has 3 unspecified atom stereocenters. The Morgan fingerprint density at radius 2 is 2.06 bits per heavy atom. The smallest absolute Gasteiger partial charge is 0.308 e. The van der Waals surface area contributed by atoms with Crippen LogP contribution in [0, 0.1) is 24.7 Å². The molecule has 1 aromatic heterocycles. The van der Waals surface area contributed by atoms with Gasteiger partial charge < -0.3 is 9.84 Å². The predicted octanol–water partition coefficient (Wildman–Crippen LogP) is 5.56. The number of carboxylic acids is 1. The first kappa shape index (κ1) is 24.7. The van der Waals surface area contributed by atoms with Crippen molar-refractivity contribution in [2.45, 2.75) is 44.8 Å². The van der Waals surface area contributed by atoms with Crippen LogP contribution in [-0.2, 0) is 4.79 Å². The minimum atomic E-state index is -1.23. The molecule has 3 aromatic rings. The number of halogens is 1. The molecule has 1 saturated heterocycles. The van der Waals surface area contributed by atoms with E-state index in [9.17, 15) is 9.90 Å². The van der Waals surface area contributed by atoms with Gasteiger partial charge in [0.05, 0.1) is 25.1 Å². The Morgan fingerprint density at radius 3 is 2.80 bits per heavy atom. The summed E-state index contributed by atoms with van der Waals surface area (Å²) < 4.78 is 20.9. The van der Waals surface area contributed by atoms with Crippen LogP contribution in [0.25, 0.3) is 10.9 Å². The highest BCUT2D eigenvalue weighted by Crippen LogP contribution is 2.34. The number of piperidine rings is 1. The minimum absolute atomic E-state index is 0.229. The number of aryl methyl sites for hydroxylation is 1. The number of fused-ring (bicyclic) bond motifs is 1. The molecule has 1 aliphatic rings. The lowest BCUT2D eigenvalue weighted by molar-refractivity contribution is -0.146. The molecular weight excluding hydrogens is 443 g/mol. The van der Waals surface area contributed by atoms with E-state index in [0.717, 1.165) is 23.9 Å². The number of aromatic nitrogens is 1. The SMILES string of the molecule is COc1ccc2nccc(C(F)CCC3C(C(=O)O)CCCN3CC#Cc3ccc(C)cc3)c2c1. The Bertz CT molecular complexity index is 1230. The zero-order valence-corrected chi connectivity index (χ0v) is 20.2. The summed E-state index contributed by atoms with van der Waals surface area (Å²) >= 11 is 0. The van der Waals surface area contributed by atoms with Gasteiger partial charge in [0.2, 0.25) is 0 Å². The molecule has 0 bridgehead atoms. The van der Waals surface area contributed by atoms with Gasteiger partial charge in [-0.1, -0.05) is 29.5 Å². The number of hydrogen-bond donors (Lipinski definition) is 1. The Balaban J connectivity index is 1.50. The zero-order chi connectivity index (χ0) is 24.8. The van der Waals surface area contributed by atoms with Crippen molar-refractivity contribution in [1.82, 2.24) is 9.88 Å². The van der Waals surface area contributed by atoms with Crippen molar-refractivity contribution in [1.29, 1.82) is 0 Å². The first-order valence-electron chi connectivity index (χ1n) is 12.1. The van der Waals surface area contributed by atoms with E-state index in [2.05, 4.69) is 21.7 Å². The van der Waals surface area contributed by atoms with Gasteiger partial charge in [0.1, 0.15) is 11.9 Å². The van der Waals surface area contributed by atoms with Crippen molar-refractivity contribution < 1.29 is 19.0 Å². The van der Waals surface area contributed by atoms with Crippen molar-refractivity contribution in [2.24, 2.45) is 5.92 Å². The summed E-state index contributed by atoms with van der Waals surface area (Å²) in [5.74, 6) is 5.69. The molecule has 0 spiro atoms. The molecule has 0 amide bonds. The fourth-order valence-corrected chi connectivity index (χ4v) is 4.89. The van der Waals surface area contributed by atoms with Crippen LogP contribution in [0.15, 0.2) is 54.7 Å². The summed E-state index contributed by atoms with van der Waals surface area (Å²) in [5, 5.41) is 10.6. The number of carboxylic acid groups (broad SMARTS) is 1. The van der Waals surface area contributed by atoms with E-state index < -0.39 is 18.1 Å². The van der Waals surface area contributed by atoms with Gasteiger partial charge in [0, 0.05) is 23.2 Å². The van der Waals surface area contributed by atoms with Crippen molar-refractivity contribution in [3.8, 4) is 17.6 Å². The molecule has 4 rings (SSSR count). The second-order valence-electron chi connectivity index (χ2n) is 9.12. The molecule has 0 aliphatic carbocycles. The minimum Gasteiger partial charge on any atom is -0.497 e. The number of likely N-dealkylation sites (tertiary alicyclic amines) is 1. The van der Waals surface area contributed by atoms with Gasteiger partial charge in [-0.15, -0.1) is 0 Å². The van der Waals surface area contributed by atoms with Crippen LogP contribution in [0.4, 0.5) is 4.39 Å². The molecule has 5 nitrogen and oxygen atoms in total. The Morgan fingerprint density at radius 1 is 1.26 bits per heavy atom. The first-order valence-corrected chi connectivity index (χ1v) is 12.1. The van der Waals surface area contributed by atoms with Crippen LogP contribution in [-0.4, -0.2) is 47.2 Å². The molecule has 0 radical (unpaired) electrons. The van der Waals surface area contributed by atoms with Crippen LogP contribution < -0.4 is 4.74 Å². The number of benzene rings is 2. The van der Waals surface area contributed by atoms with Gasteiger partial charge in [0.15, 0.2) is 0 Å². The van der Waals surface area contributed by atoms with Crippen molar-refractivity contribution in [3.63, 3.8) is 0 Å². The van der Waals surface area contributed by atoms with E-state index in [4.69, 9.17) is 4.74 Å². The third kappa shape index (κ3) is 5.98. The Labute approximate surface area is 205 Å². The molecule has 2 aromatic carbocycles. The number of pyridine rings is 1. The number of aliphatic carboxylic acids is 1. The van der Waals surface area contributed by atoms with Crippen LogP contribution in [0.2, 0.25) is 0 Å². The second kappa shape index (κ2) is 11.3. The van der Waals surface area contributed by atoms with E-state index in [0.29, 0.717) is 36.2 Å². The molecule has 35 heavy (non-hydrogen) atoms. The van der Waals surface area contributed by atoms with Crippen molar-refractivity contribution in [2.75, 3.05) is 20.2 Å². The van der Waals surface area contributed by atoms with Gasteiger partial charge >= 0.3 is 5.97 Å². The van der Waals surface area contributed by atoms with Crippen LogP contribution in [0.1, 0.15) is 48.5 Å². The predicted molar refractivity (Wildman–Crippen MR) is 135 cm³/mol. The summed E-state index contributed by atoms with van der Waals surface area (Å²) in [6.07, 6.45) is 2.46. The van der Waals surface area contributed by atoms with Gasteiger partial charge in [-0.3, -0.25) is 14.7 Å². The number of methoxy groups -OCH3 is 1. The molecule has 182 valence electrons. The van der Waals surface area contributed by atoms with Crippen LogP contribution >= 0.6 is 0 Å². The first-order chi connectivity index (χ1) is 17.0. The van der Waals surface area contributed by atoms with Gasteiger partial charge in [-0.25, -0.2) is 4.39 Å². The number of rotatable bonds is 7. The molecule has 1 N–H and O–H groups in total. The second-order valence-corrected chi connectivity index (χ2v) is 9.12. The number of carbonyl (C=O) groups is 1. The zero-order valence-electron chi connectivity index (χ0n) is 20.2. The topological polar surface area (TPSA) is 62.7 Å². The third-order valence-corrected chi connectivity index (χ3v) is 6.81. The van der Waals surface area contributed by atoms with Crippen molar-refractivity contribution >= 4 is 16.9 Å². The average Bonchev–Trinajstić information content (AvgIpc) is 2.87. The van der Waals surface area contributed by atoms with E-state index in [-0.39, 0.29) is 12.5 Å². The molecule has 2 heterocycles. The lowest BCUT2D eigenvalue weighted by Crippen LogP contribution is -2.48. The maximum Gasteiger partial charge on any atom is 0.308 e. The van der Waals surface area contributed by atoms with E-state index in [1.54, 1.807) is 31.5 Å². The largest absolute Gasteiger partial charge is 0.497 e. The molecule has 3 atom stereocenters. The lowest BCUT2D eigenvalue weighted by atomic mass is 9.85. The summed E-state index contributed by atoms with van der Waals surface area (Å²) in [6, 6.07) is 14.9. The highest BCUT2D eigenvalue weighted by atomic mass is 19.1. The lowest BCUT2D eigenvalue weighted by Gasteiger charge is -2.39. The summed E-state index contributed by atoms with van der Waals surface area (Å²) in [4.78, 5) is 18.5. The highest BCUT2D eigenvalue weighted by Gasteiger charge is 2.36. The molecule has 6 heteroatoms. The third-order valence-electron chi connectivity index (χ3n) is 6.81. The Hall–Kier alpha value is -3.43. The maximum atomic E-state index is 15.6. The molecule has 1 fully saturated rings. The van der Waals surface area contributed by atoms with E-state index >= 15 is 4.39 Å². The van der Waals surface area contributed by atoms with Crippen LogP contribution in [0.3, 0.4) is 0 Å². The van der Waals surface area contributed by atoms with Gasteiger partial charge in [-0.05, 0) is 81.1 Å². The fourth-order valence-electron chi connectivity index (χ4n) is 4.89. The number of nitrogens with zero attached hydrogens (tertiary/aromatic N) is 2. The maximum absolute atomic E-state index is 15.6. The molecule has 0 saturated carbocycles. The number of hydrogen-bond acceptors (Lipinski definition) is 4. The Kier molecular flexibility index (Phi) is 7.99. The summed E-state index contributed by atoms with van der Waals surface area (Å²) in [6.45, 7) is 3.27. The van der Waals surface area contributed by atoms with Crippen molar-refractivity contribution in [3.05, 3.63) is 71.4 Å². The quantitative estimate of drug-likeness (QED) is 0.454. The number of alkyl halides is 1. The van der Waals surface area contributed by atoms with Gasteiger partial charge in [0.25, 0.3) is 0 Å². The molecular formula is C29H31FN2O3. The number of ether oxygens (including phenoxy) is 1. The summed E-state index contributed by atoms with van der Waals surface area (Å²) in [7, 11) is 1.58. The van der Waals surface area contributed by atoms with E-state index in [1.165, 1.54) is 5.56 Å². The average molecular weight is 475 g/mol. The normalized spacial score (nSPS) is 19.1.